The highest BCUT2D eigenvalue weighted by Crippen LogP contribution is 2.23. The molecule has 0 aliphatic heterocycles. The first-order chi connectivity index (χ1) is 11.8. The molecule has 2 heterocycles. The van der Waals surface area contributed by atoms with Gasteiger partial charge in [0, 0.05) is 24.4 Å². The molecule has 3 rings (SSSR count). The van der Waals surface area contributed by atoms with E-state index in [1.165, 1.54) is 10.7 Å². The summed E-state index contributed by atoms with van der Waals surface area (Å²) in [5, 5.41) is 10.7. The number of anilines is 1. The monoisotopic (exact) mass is 359 g/mol. The Kier molecular flexibility index (Phi) is 4.17. The fourth-order valence-electron chi connectivity index (χ4n) is 2.51. The van der Waals surface area contributed by atoms with Crippen molar-refractivity contribution in [2.45, 2.75) is 18.7 Å². The Labute approximate surface area is 144 Å². The van der Waals surface area contributed by atoms with E-state index in [1.54, 1.807) is 51.2 Å². The third kappa shape index (κ3) is 3.31. The Morgan fingerprint density at radius 2 is 1.76 bits per heavy atom. The van der Waals surface area contributed by atoms with Crippen molar-refractivity contribution >= 4 is 15.7 Å². The van der Waals surface area contributed by atoms with Crippen LogP contribution in [0.2, 0.25) is 0 Å². The summed E-state index contributed by atoms with van der Waals surface area (Å²) in [7, 11) is -2.15. The molecule has 8 nitrogen and oxygen atoms in total. The molecular formula is C16H17N5O3S. The molecule has 3 aromatic rings. The lowest BCUT2D eigenvalue weighted by atomic mass is 10.1. The van der Waals surface area contributed by atoms with Crippen LogP contribution in [0, 0.1) is 13.8 Å². The van der Waals surface area contributed by atoms with Crippen molar-refractivity contribution in [3.63, 3.8) is 0 Å². The molecular weight excluding hydrogens is 342 g/mol. The number of aromatic amines is 1. The van der Waals surface area contributed by atoms with Crippen LogP contribution in [-0.2, 0) is 17.1 Å². The van der Waals surface area contributed by atoms with Crippen LogP contribution in [-0.4, -0.2) is 28.4 Å². The topological polar surface area (TPSA) is 110 Å². The zero-order valence-electron chi connectivity index (χ0n) is 13.9. The molecule has 0 unspecified atom stereocenters. The standard InChI is InChI=1S/C16H17N5O3S/c1-10-16(11(2)18-17-10)25(23,24)20-13-6-4-12(5-7-13)14-8-9-15(22)21(3)19-14/h4-9,20H,1-3H3,(H,17,18). The second kappa shape index (κ2) is 6.17. The quantitative estimate of drug-likeness (QED) is 0.735. The summed E-state index contributed by atoms with van der Waals surface area (Å²) in [6.45, 7) is 3.29. The highest BCUT2D eigenvalue weighted by molar-refractivity contribution is 7.92. The van der Waals surface area contributed by atoms with E-state index in [-0.39, 0.29) is 10.5 Å². The molecule has 9 heteroatoms. The van der Waals surface area contributed by atoms with E-state index in [1.807, 2.05) is 0 Å². The van der Waals surface area contributed by atoms with Crippen molar-refractivity contribution in [1.82, 2.24) is 20.0 Å². The van der Waals surface area contributed by atoms with E-state index in [0.29, 0.717) is 22.8 Å². The average molecular weight is 359 g/mol. The first-order valence-electron chi connectivity index (χ1n) is 7.47. The van der Waals surface area contributed by atoms with E-state index in [2.05, 4.69) is 20.0 Å². The van der Waals surface area contributed by atoms with Gasteiger partial charge in [0.05, 0.1) is 17.1 Å². The minimum Gasteiger partial charge on any atom is -0.281 e. The minimum atomic E-state index is -3.73. The van der Waals surface area contributed by atoms with Crippen LogP contribution in [0.25, 0.3) is 11.3 Å². The first-order valence-corrected chi connectivity index (χ1v) is 8.95. The van der Waals surface area contributed by atoms with Gasteiger partial charge in [0.2, 0.25) is 0 Å². The predicted molar refractivity (Wildman–Crippen MR) is 93.8 cm³/mol. The summed E-state index contributed by atoms with van der Waals surface area (Å²) in [6, 6.07) is 9.82. The number of benzene rings is 1. The zero-order valence-corrected chi connectivity index (χ0v) is 14.8. The number of H-pyrrole nitrogens is 1. The molecule has 2 N–H and O–H groups in total. The van der Waals surface area contributed by atoms with Crippen LogP contribution in [0.4, 0.5) is 5.69 Å². The SMILES string of the molecule is Cc1n[nH]c(C)c1S(=O)(=O)Nc1ccc(-c2ccc(=O)n(C)n2)cc1. The summed E-state index contributed by atoms with van der Waals surface area (Å²) >= 11 is 0. The molecule has 0 saturated heterocycles. The molecule has 0 bridgehead atoms. The number of hydrogen-bond donors (Lipinski definition) is 2. The van der Waals surface area contributed by atoms with Crippen molar-refractivity contribution in [2.24, 2.45) is 7.05 Å². The van der Waals surface area contributed by atoms with Crippen LogP contribution >= 0.6 is 0 Å². The molecule has 0 amide bonds. The van der Waals surface area contributed by atoms with Gasteiger partial charge in [0.25, 0.3) is 15.6 Å². The zero-order chi connectivity index (χ0) is 18.2. The van der Waals surface area contributed by atoms with Gasteiger partial charge in [0.1, 0.15) is 4.90 Å². The van der Waals surface area contributed by atoms with E-state index in [4.69, 9.17) is 0 Å². The maximum Gasteiger partial charge on any atom is 0.266 e. The Morgan fingerprint density at radius 3 is 2.32 bits per heavy atom. The van der Waals surface area contributed by atoms with Crippen molar-refractivity contribution in [1.29, 1.82) is 0 Å². The third-order valence-electron chi connectivity index (χ3n) is 3.72. The van der Waals surface area contributed by atoms with Crippen LogP contribution in [0.1, 0.15) is 11.4 Å². The lowest BCUT2D eigenvalue weighted by molar-refractivity contribution is 0.600. The normalized spacial score (nSPS) is 11.5. The van der Waals surface area contributed by atoms with Gasteiger partial charge in [-0.1, -0.05) is 12.1 Å². The molecule has 0 radical (unpaired) electrons. The molecule has 0 fully saturated rings. The second-order valence-corrected chi connectivity index (χ2v) is 7.25. The summed E-state index contributed by atoms with van der Waals surface area (Å²) in [5.74, 6) is 0. The second-order valence-electron chi connectivity index (χ2n) is 5.63. The average Bonchev–Trinajstić information content (AvgIpc) is 2.90. The molecule has 2 aromatic heterocycles. The Morgan fingerprint density at radius 1 is 1.08 bits per heavy atom. The lowest BCUT2D eigenvalue weighted by Crippen LogP contribution is -2.18. The van der Waals surface area contributed by atoms with Gasteiger partial charge >= 0.3 is 0 Å². The molecule has 0 saturated carbocycles. The van der Waals surface area contributed by atoms with Gasteiger partial charge < -0.3 is 0 Å². The van der Waals surface area contributed by atoms with E-state index < -0.39 is 10.0 Å². The number of nitrogens with one attached hydrogen (secondary N) is 2. The van der Waals surface area contributed by atoms with E-state index in [9.17, 15) is 13.2 Å². The van der Waals surface area contributed by atoms with Crippen LogP contribution in [0.3, 0.4) is 0 Å². The highest BCUT2D eigenvalue weighted by atomic mass is 32.2. The van der Waals surface area contributed by atoms with Crippen LogP contribution < -0.4 is 10.3 Å². The number of rotatable bonds is 4. The first kappa shape index (κ1) is 16.9. The Hall–Kier alpha value is -2.94. The van der Waals surface area contributed by atoms with Gasteiger partial charge in [-0.25, -0.2) is 13.1 Å². The number of sulfonamides is 1. The molecule has 25 heavy (non-hydrogen) atoms. The van der Waals surface area contributed by atoms with Gasteiger partial charge in [-0.2, -0.15) is 10.2 Å². The number of aromatic nitrogens is 4. The summed E-state index contributed by atoms with van der Waals surface area (Å²) in [4.78, 5) is 11.5. The molecule has 0 aliphatic carbocycles. The molecule has 0 aliphatic rings. The fraction of sp³-hybridized carbons (Fsp3) is 0.188. The minimum absolute atomic E-state index is 0.149. The third-order valence-corrected chi connectivity index (χ3v) is 5.37. The van der Waals surface area contributed by atoms with Gasteiger partial charge in [-0.05, 0) is 32.0 Å². The van der Waals surface area contributed by atoms with E-state index in [0.717, 1.165) is 5.56 Å². The van der Waals surface area contributed by atoms with Crippen LogP contribution in [0.5, 0.6) is 0 Å². The van der Waals surface area contributed by atoms with Gasteiger partial charge in [0.15, 0.2) is 0 Å². The summed E-state index contributed by atoms with van der Waals surface area (Å²) in [6.07, 6.45) is 0. The lowest BCUT2D eigenvalue weighted by Gasteiger charge is -2.09. The fourth-order valence-corrected chi connectivity index (χ4v) is 3.94. The number of nitrogens with zero attached hydrogens (tertiary/aromatic N) is 3. The van der Waals surface area contributed by atoms with Crippen molar-refractivity contribution in [3.05, 3.63) is 58.1 Å². The maximum atomic E-state index is 12.5. The van der Waals surface area contributed by atoms with Crippen molar-refractivity contribution in [3.8, 4) is 11.3 Å². The highest BCUT2D eigenvalue weighted by Gasteiger charge is 2.22. The Balaban J connectivity index is 1.88. The predicted octanol–water partition coefficient (Wildman–Crippen LogP) is 1.59. The molecule has 1 aromatic carbocycles. The molecule has 0 atom stereocenters. The number of hydrogen-bond acceptors (Lipinski definition) is 5. The van der Waals surface area contributed by atoms with Crippen molar-refractivity contribution in [2.75, 3.05) is 4.72 Å². The van der Waals surface area contributed by atoms with Crippen molar-refractivity contribution < 1.29 is 8.42 Å². The number of aryl methyl sites for hydroxylation is 3. The summed E-state index contributed by atoms with van der Waals surface area (Å²) in [5.41, 5.74) is 2.52. The molecule has 0 spiro atoms. The largest absolute Gasteiger partial charge is 0.281 e. The Bertz CT molecular complexity index is 1060. The van der Waals surface area contributed by atoms with E-state index >= 15 is 0 Å². The smallest absolute Gasteiger partial charge is 0.266 e. The maximum absolute atomic E-state index is 12.5. The summed E-state index contributed by atoms with van der Waals surface area (Å²) < 4.78 is 28.8. The molecule has 130 valence electrons. The van der Waals surface area contributed by atoms with Crippen LogP contribution in [0.15, 0.2) is 46.1 Å². The van der Waals surface area contributed by atoms with Gasteiger partial charge in [-0.15, -0.1) is 0 Å². The van der Waals surface area contributed by atoms with Gasteiger partial charge in [-0.3, -0.25) is 14.6 Å².